The van der Waals surface area contributed by atoms with Crippen LogP contribution >= 0.6 is 0 Å². The van der Waals surface area contributed by atoms with Crippen molar-refractivity contribution in [1.82, 2.24) is 0 Å². The Morgan fingerprint density at radius 1 is 1.29 bits per heavy atom. The molecule has 0 fully saturated rings. The van der Waals surface area contributed by atoms with Gasteiger partial charge in [-0.3, -0.25) is 0 Å². The minimum atomic E-state index is -1.25. The number of rotatable bonds is 0. The van der Waals surface area contributed by atoms with Gasteiger partial charge >= 0.3 is 0 Å². The highest BCUT2D eigenvalue weighted by Crippen LogP contribution is 2.39. The normalized spacial score (nSPS) is 19.9. The average Bonchev–Trinajstić information content (AvgIpc) is 2.64. The lowest BCUT2D eigenvalue weighted by Gasteiger charge is -2.15. The number of hydrogen-bond donors (Lipinski definition) is 0. The third-order valence-corrected chi connectivity index (χ3v) is 3.35. The number of benzene rings is 1. The summed E-state index contributed by atoms with van der Waals surface area (Å²) in [5.41, 5.74) is 2.46. The Bertz CT molecular complexity index is 637. The zero-order valence-corrected chi connectivity index (χ0v) is 9.68. The molecule has 1 aliphatic rings. The molecule has 1 aliphatic carbocycles. The minimum absolute atomic E-state index is 0.133. The summed E-state index contributed by atoms with van der Waals surface area (Å²) >= 11 is 0. The van der Waals surface area contributed by atoms with Crippen molar-refractivity contribution in [3.8, 4) is 0 Å². The second-order valence-corrected chi connectivity index (χ2v) is 4.58. The van der Waals surface area contributed by atoms with Gasteiger partial charge in [-0.25, -0.2) is 8.78 Å². The van der Waals surface area contributed by atoms with Crippen LogP contribution in [0.3, 0.4) is 0 Å². The Balaban J connectivity index is 2.34. The molecule has 88 valence electrons. The van der Waals surface area contributed by atoms with Gasteiger partial charge < -0.3 is 4.42 Å². The third-order valence-electron chi connectivity index (χ3n) is 3.35. The molecule has 0 bridgehead atoms. The van der Waals surface area contributed by atoms with Crippen molar-refractivity contribution in [1.29, 1.82) is 0 Å². The second kappa shape index (κ2) is 3.42. The second-order valence-electron chi connectivity index (χ2n) is 4.58. The molecule has 0 N–H and O–H groups in total. The summed E-state index contributed by atoms with van der Waals surface area (Å²) in [5.74, 6) is -0.343. The number of hydrogen-bond acceptors (Lipinski definition) is 1. The predicted octanol–water partition coefficient (Wildman–Crippen LogP) is 4.34. The molecule has 0 radical (unpaired) electrons. The molecule has 1 nitrogen and oxygen atoms in total. The molecule has 3 rings (SSSR count). The Labute approximate surface area is 97.7 Å². The first-order chi connectivity index (χ1) is 8.08. The first kappa shape index (κ1) is 10.5. The van der Waals surface area contributed by atoms with Crippen LogP contribution in [0.1, 0.15) is 23.8 Å². The van der Waals surface area contributed by atoms with E-state index in [4.69, 9.17) is 4.42 Å². The molecule has 1 heterocycles. The molecule has 0 saturated carbocycles. The van der Waals surface area contributed by atoms with Crippen LogP contribution in [0.2, 0.25) is 0 Å². The lowest BCUT2D eigenvalue weighted by Crippen LogP contribution is -2.13. The first-order valence-electron chi connectivity index (χ1n) is 5.60. The highest BCUT2D eigenvalue weighted by atomic mass is 19.1. The van der Waals surface area contributed by atoms with E-state index in [9.17, 15) is 8.78 Å². The van der Waals surface area contributed by atoms with Crippen molar-refractivity contribution in [3.05, 3.63) is 40.7 Å². The van der Waals surface area contributed by atoms with E-state index in [2.05, 4.69) is 0 Å². The van der Waals surface area contributed by atoms with E-state index in [0.29, 0.717) is 11.1 Å². The van der Waals surface area contributed by atoms with Gasteiger partial charge in [-0.1, -0.05) is 12.1 Å². The van der Waals surface area contributed by atoms with Gasteiger partial charge in [-0.05, 0) is 25.5 Å². The number of furan rings is 1. The molecule has 0 aliphatic heterocycles. The number of aryl methyl sites for hydroxylation is 1. The smallest absolute Gasteiger partial charge is 0.167 e. The van der Waals surface area contributed by atoms with Crippen LogP contribution in [0.5, 0.6) is 0 Å². The third kappa shape index (κ3) is 1.42. The molecule has 1 unspecified atom stereocenters. The van der Waals surface area contributed by atoms with E-state index < -0.39 is 12.0 Å². The van der Waals surface area contributed by atoms with Gasteiger partial charge in [-0.15, -0.1) is 0 Å². The molecule has 0 saturated heterocycles. The average molecular weight is 234 g/mol. The molecule has 1 atom stereocenters. The first-order valence-corrected chi connectivity index (χ1v) is 5.60. The predicted molar refractivity (Wildman–Crippen MR) is 63.3 cm³/mol. The summed E-state index contributed by atoms with van der Waals surface area (Å²) in [4.78, 5) is 0. The number of alkyl halides is 1. The van der Waals surface area contributed by atoms with Gasteiger partial charge in [0.1, 0.15) is 11.8 Å². The highest BCUT2D eigenvalue weighted by molar-refractivity contribution is 5.87. The quantitative estimate of drug-likeness (QED) is 0.661. The largest absolute Gasteiger partial charge is 0.453 e. The summed E-state index contributed by atoms with van der Waals surface area (Å²) in [7, 11) is 0. The minimum Gasteiger partial charge on any atom is -0.453 e. The SMILES string of the molecule is CC1=C(F)c2oc3cc(C)ccc3c2CC1F. The Morgan fingerprint density at radius 2 is 2.06 bits per heavy atom. The van der Waals surface area contributed by atoms with E-state index in [1.54, 1.807) is 0 Å². The van der Waals surface area contributed by atoms with E-state index >= 15 is 0 Å². The van der Waals surface area contributed by atoms with E-state index in [0.717, 1.165) is 10.9 Å². The van der Waals surface area contributed by atoms with Crippen molar-refractivity contribution in [2.75, 3.05) is 0 Å². The molecule has 1 aromatic carbocycles. The van der Waals surface area contributed by atoms with Crippen LogP contribution in [-0.4, -0.2) is 6.17 Å². The summed E-state index contributed by atoms with van der Waals surface area (Å²) < 4.78 is 33.1. The van der Waals surface area contributed by atoms with Crippen LogP contribution in [0.25, 0.3) is 16.8 Å². The molecular weight excluding hydrogens is 222 g/mol. The van der Waals surface area contributed by atoms with Gasteiger partial charge in [0.15, 0.2) is 11.6 Å². The fourth-order valence-electron chi connectivity index (χ4n) is 2.29. The summed E-state index contributed by atoms with van der Waals surface area (Å²) in [6.07, 6.45) is -1.05. The molecule has 0 spiro atoms. The van der Waals surface area contributed by atoms with Crippen molar-refractivity contribution in [2.24, 2.45) is 0 Å². The van der Waals surface area contributed by atoms with Gasteiger partial charge in [0.2, 0.25) is 0 Å². The molecule has 0 amide bonds. The van der Waals surface area contributed by atoms with E-state index in [1.807, 2.05) is 25.1 Å². The van der Waals surface area contributed by atoms with Crippen LogP contribution < -0.4 is 0 Å². The van der Waals surface area contributed by atoms with Crippen LogP contribution in [0.4, 0.5) is 8.78 Å². The topological polar surface area (TPSA) is 13.1 Å². The number of halogens is 2. The fourth-order valence-corrected chi connectivity index (χ4v) is 2.29. The Morgan fingerprint density at radius 3 is 2.82 bits per heavy atom. The number of allylic oxidation sites excluding steroid dienone is 1. The van der Waals surface area contributed by atoms with Gasteiger partial charge in [0, 0.05) is 22.9 Å². The van der Waals surface area contributed by atoms with Crippen LogP contribution in [0, 0.1) is 6.92 Å². The number of fused-ring (bicyclic) bond motifs is 3. The maximum Gasteiger partial charge on any atom is 0.167 e. The maximum absolute atomic E-state index is 13.9. The van der Waals surface area contributed by atoms with Gasteiger partial charge in [-0.2, -0.15) is 0 Å². The summed E-state index contributed by atoms with van der Waals surface area (Å²) in [5, 5.41) is 0.816. The fraction of sp³-hybridized carbons (Fsp3) is 0.286. The molecule has 17 heavy (non-hydrogen) atoms. The monoisotopic (exact) mass is 234 g/mol. The Hall–Kier alpha value is -1.64. The van der Waals surface area contributed by atoms with Crippen LogP contribution in [0.15, 0.2) is 28.2 Å². The van der Waals surface area contributed by atoms with Crippen molar-refractivity contribution in [3.63, 3.8) is 0 Å². The lowest BCUT2D eigenvalue weighted by atomic mass is 9.94. The Kier molecular flexibility index (Phi) is 2.12. The van der Waals surface area contributed by atoms with E-state index in [-0.39, 0.29) is 17.8 Å². The highest BCUT2D eigenvalue weighted by Gasteiger charge is 2.29. The molecule has 1 aromatic heterocycles. The van der Waals surface area contributed by atoms with E-state index in [1.165, 1.54) is 6.92 Å². The summed E-state index contributed by atoms with van der Waals surface area (Å²) in [6.45, 7) is 3.41. The van der Waals surface area contributed by atoms with Crippen LogP contribution in [-0.2, 0) is 6.42 Å². The van der Waals surface area contributed by atoms with Gasteiger partial charge in [0.25, 0.3) is 0 Å². The van der Waals surface area contributed by atoms with Crippen molar-refractivity contribution in [2.45, 2.75) is 26.4 Å². The molecule has 2 aromatic rings. The zero-order chi connectivity index (χ0) is 12.2. The standard InChI is InChI=1S/C14H12F2O/c1-7-3-4-9-10-6-11(15)8(2)13(16)14(10)17-12(9)5-7/h3-5,11H,6H2,1-2H3. The molecule has 3 heteroatoms. The lowest BCUT2D eigenvalue weighted by molar-refractivity contribution is 0.367. The van der Waals surface area contributed by atoms with Crippen molar-refractivity contribution >= 4 is 16.8 Å². The molecular formula is C14H12F2O. The maximum atomic E-state index is 13.9. The van der Waals surface area contributed by atoms with Crippen molar-refractivity contribution < 1.29 is 13.2 Å². The zero-order valence-electron chi connectivity index (χ0n) is 9.68. The van der Waals surface area contributed by atoms with Gasteiger partial charge in [0.05, 0.1) is 0 Å². The summed E-state index contributed by atoms with van der Waals surface area (Å²) in [6, 6.07) is 5.64.